The summed E-state index contributed by atoms with van der Waals surface area (Å²) in [5, 5.41) is 19.7. The fraction of sp³-hybridized carbons (Fsp3) is 0.900. The van der Waals surface area contributed by atoms with E-state index < -0.39 is 6.29 Å². The number of hydrogen-bond acceptors (Lipinski definition) is 3. The van der Waals surface area contributed by atoms with E-state index >= 15 is 0 Å². The van der Waals surface area contributed by atoms with E-state index in [-0.39, 0.29) is 17.7 Å². The van der Waals surface area contributed by atoms with Crippen molar-refractivity contribution in [1.29, 1.82) is 0 Å². The third kappa shape index (κ3) is 6.86. The molecule has 4 heteroatoms. The Labute approximate surface area is 85.3 Å². The highest BCUT2D eigenvalue weighted by Gasteiger charge is 2.19. The van der Waals surface area contributed by atoms with E-state index in [0.717, 1.165) is 6.42 Å². The SMILES string of the molecule is CCC(C)(C)CC(=O)NCCC(O)O. The van der Waals surface area contributed by atoms with Crippen LogP contribution in [-0.2, 0) is 4.79 Å². The molecule has 0 aliphatic carbocycles. The Morgan fingerprint density at radius 3 is 2.43 bits per heavy atom. The maximum Gasteiger partial charge on any atom is 0.220 e. The van der Waals surface area contributed by atoms with Crippen molar-refractivity contribution < 1.29 is 15.0 Å². The summed E-state index contributed by atoms with van der Waals surface area (Å²) in [4.78, 5) is 11.3. The molecule has 0 heterocycles. The zero-order valence-corrected chi connectivity index (χ0v) is 9.21. The average molecular weight is 203 g/mol. The number of carbonyl (C=O) groups excluding carboxylic acids is 1. The first-order valence-corrected chi connectivity index (χ1v) is 5.00. The van der Waals surface area contributed by atoms with Crippen molar-refractivity contribution in [3.05, 3.63) is 0 Å². The molecule has 0 saturated carbocycles. The van der Waals surface area contributed by atoms with Crippen LogP contribution in [0.2, 0.25) is 0 Å². The average Bonchev–Trinajstić information content (AvgIpc) is 2.02. The molecule has 0 atom stereocenters. The van der Waals surface area contributed by atoms with E-state index in [1.54, 1.807) is 0 Å². The number of aliphatic hydroxyl groups is 2. The lowest BCUT2D eigenvalue weighted by Gasteiger charge is -2.21. The fourth-order valence-electron chi connectivity index (χ4n) is 0.963. The topological polar surface area (TPSA) is 69.6 Å². The van der Waals surface area contributed by atoms with Crippen LogP contribution in [0.15, 0.2) is 0 Å². The number of aliphatic hydroxyl groups excluding tert-OH is 1. The van der Waals surface area contributed by atoms with Crippen LogP contribution in [0.3, 0.4) is 0 Å². The van der Waals surface area contributed by atoms with Crippen LogP contribution in [0.1, 0.15) is 40.0 Å². The van der Waals surface area contributed by atoms with E-state index in [4.69, 9.17) is 10.2 Å². The molecule has 0 unspecified atom stereocenters. The number of amides is 1. The monoisotopic (exact) mass is 203 g/mol. The van der Waals surface area contributed by atoms with Gasteiger partial charge >= 0.3 is 0 Å². The Balaban J connectivity index is 3.66. The Hall–Kier alpha value is -0.610. The lowest BCUT2D eigenvalue weighted by Crippen LogP contribution is -2.30. The highest BCUT2D eigenvalue weighted by molar-refractivity contribution is 5.76. The molecule has 0 saturated heterocycles. The van der Waals surface area contributed by atoms with Gasteiger partial charge in [0.2, 0.25) is 5.91 Å². The third-order valence-electron chi connectivity index (χ3n) is 2.32. The van der Waals surface area contributed by atoms with E-state index in [2.05, 4.69) is 5.32 Å². The van der Waals surface area contributed by atoms with Crippen molar-refractivity contribution in [1.82, 2.24) is 5.32 Å². The molecule has 0 aromatic heterocycles. The Bertz CT molecular complexity index is 178. The molecule has 0 rings (SSSR count). The molecule has 0 aromatic carbocycles. The molecule has 0 spiro atoms. The molecule has 0 fully saturated rings. The molecule has 1 amide bonds. The summed E-state index contributed by atoms with van der Waals surface area (Å²) < 4.78 is 0. The van der Waals surface area contributed by atoms with Crippen LogP contribution in [0.4, 0.5) is 0 Å². The third-order valence-corrected chi connectivity index (χ3v) is 2.32. The van der Waals surface area contributed by atoms with E-state index in [0.29, 0.717) is 13.0 Å². The van der Waals surface area contributed by atoms with Gasteiger partial charge in [0.05, 0.1) is 0 Å². The Kier molecular flexibility index (Phi) is 5.72. The van der Waals surface area contributed by atoms with Crippen LogP contribution >= 0.6 is 0 Å². The van der Waals surface area contributed by atoms with Gasteiger partial charge in [0.25, 0.3) is 0 Å². The number of carbonyl (C=O) groups is 1. The number of rotatable bonds is 6. The molecule has 3 N–H and O–H groups in total. The standard InChI is InChI=1S/C10H21NO3/c1-4-10(2,3)7-8(12)11-6-5-9(13)14/h9,13-14H,4-7H2,1-3H3,(H,11,12). The van der Waals surface area contributed by atoms with Crippen molar-refractivity contribution >= 4 is 5.91 Å². The van der Waals surface area contributed by atoms with Crippen LogP contribution in [0, 0.1) is 5.41 Å². The molecule has 0 aliphatic rings. The van der Waals surface area contributed by atoms with Crippen LogP contribution in [0.5, 0.6) is 0 Å². The second-order valence-corrected chi connectivity index (χ2v) is 4.31. The second-order valence-electron chi connectivity index (χ2n) is 4.31. The van der Waals surface area contributed by atoms with Gasteiger partial charge in [0, 0.05) is 19.4 Å². The summed E-state index contributed by atoms with van der Waals surface area (Å²) in [6.45, 7) is 6.43. The van der Waals surface area contributed by atoms with Gasteiger partial charge in [-0.05, 0) is 5.41 Å². The molecule has 14 heavy (non-hydrogen) atoms. The highest BCUT2D eigenvalue weighted by Crippen LogP contribution is 2.23. The largest absolute Gasteiger partial charge is 0.368 e. The smallest absolute Gasteiger partial charge is 0.220 e. The summed E-state index contributed by atoms with van der Waals surface area (Å²) in [5.41, 5.74) is 0.0158. The van der Waals surface area contributed by atoms with Gasteiger partial charge in [0.1, 0.15) is 0 Å². The minimum Gasteiger partial charge on any atom is -0.368 e. The zero-order chi connectivity index (χ0) is 11.2. The van der Waals surface area contributed by atoms with Gasteiger partial charge in [-0.1, -0.05) is 27.2 Å². The molecule has 0 aromatic rings. The van der Waals surface area contributed by atoms with Crippen molar-refractivity contribution in [2.24, 2.45) is 5.41 Å². The van der Waals surface area contributed by atoms with Crippen LogP contribution < -0.4 is 5.32 Å². The van der Waals surface area contributed by atoms with E-state index in [1.807, 2.05) is 20.8 Å². The predicted octanol–water partition coefficient (Wildman–Crippen LogP) is 0.630. The van der Waals surface area contributed by atoms with Crippen molar-refractivity contribution in [3.63, 3.8) is 0 Å². The van der Waals surface area contributed by atoms with Gasteiger partial charge in [-0.25, -0.2) is 0 Å². The van der Waals surface area contributed by atoms with Crippen LogP contribution in [-0.4, -0.2) is 29.0 Å². The van der Waals surface area contributed by atoms with Crippen LogP contribution in [0.25, 0.3) is 0 Å². The Morgan fingerprint density at radius 1 is 1.43 bits per heavy atom. The zero-order valence-electron chi connectivity index (χ0n) is 9.21. The molecule has 4 nitrogen and oxygen atoms in total. The normalized spacial score (nSPS) is 11.9. The van der Waals surface area contributed by atoms with Gasteiger partial charge in [-0.15, -0.1) is 0 Å². The van der Waals surface area contributed by atoms with Gasteiger partial charge in [-0.3, -0.25) is 4.79 Å². The lowest BCUT2D eigenvalue weighted by molar-refractivity contribution is -0.123. The van der Waals surface area contributed by atoms with Gasteiger partial charge in [0.15, 0.2) is 6.29 Å². The molecular weight excluding hydrogens is 182 g/mol. The lowest BCUT2D eigenvalue weighted by atomic mass is 9.86. The van der Waals surface area contributed by atoms with E-state index in [9.17, 15) is 4.79 Å². The minimum absolute atomic E-state index is 0.0158. The molecular formula is C10H21NO3. The number of hydrogen-bond donors (Lipinski definition) is 3. The summed E-state index contributed by atoms with van der Waals surface area (Å²) >= 11 is 0. The van der Waals surface area contributed by atoms with Gasteiger partial charge in [-0.2, -0.15) is 0 Å². The van der Waals surface area contributed by atoms with Gasteiger partial charge < -0.3 is 15.5 Å². The first-order chi connectivity index (χ1) is 6.37. The molecule has 0 radical (unpaired) electrons. The Morgan fingerprint density at radius 2 is 2.00 bits per heavy atom. The van der Waals surface area contributed by atoms with E-state index in [1.165, 1.54) is 0 Å². The van der Waals surface area contributed by atoms with Crippen molar-refractivity contribution in [2.45, 2.75) is 46.3 Å². The van der Waals surface area contributed by atoms with Crippen molar-refractivity contribution in [2.75, 3.05) is 6.54 Å². The fourth-order valence-corrected chi connectivity index (χ4v) is 0.963. The first-order valence-electron chi connectivity index (χ1n) is 5.00. The predicted molar refractivity (Wildman–Crippen MR) is 54.5 cm³/mol. The summed E-state index contributed by atoms with van der Waals surface area (Å²) in [6.07, 6.45) is 0.265. The maximum atomic E-state index is 11.3. The highest BCUT2D eigenvalue weighted by atomic mass is 16.5. The number of nitrogens with one attached hydrogen (secondary N) is 1. The summed E-state index contributed by atoms with van der Waals surface area (Å²) in [5.74, 6) is -0.0301. The molecule has 84 valence electrons. The summed E-state index contributed by atoms with van der Waals surface area (Å²) in [6, 6.07) is 0. The molecule has 0 aliphatic heterocycles. The second kappa shape index (κ2) is 5.98. The first kappa shape index (κ1) is 13.4. The quantitative estimate of drug-likeness (QED) is 0.554. The minimum atomic E-state index is -1.34. The molecule has 0 bridgehead atoms. The summed E-state index contributed by atoms with van der Waals surface area (Å²) in [7, 11) is 0. The maximum absolute atomic E-state index is 11.3. The van der Waals surface area contributed by atoms with Crippen molar-refractivity contribution in [3.8, 4) is 0 Å².